The molecule has 0 saturated heterocycles. The summed E-state index contributed by atoms with van der Waals surface area (Å²) in [5, 5.41) is 13.0. The smallest absolute Gasteiger partial charge is 0.321 e. The van der Waals surface area contributed by atoms with Crippen molar-refractivity contribution in [2.24, 2.45) is 0 Å². The molecule has 1 heterocycles. The van der Waals surface area contributed by atoms with E-state index in [0.717, 1.165) is 11.8 Å². The molecule has 0 saturated carbocycles. The fourth-order valence-electron chi connectivity index (χ4n) is 1.70. The van der Waals surface area contributed by atoms with Gasteiger partial charge in [-0.25, -0.2) is 9.47 Å². The fourth-order valence-corrected chi connectivity index (χ4v) is 2.84. The number of rotatable bonds is 4. The highest BCUT2D eigenvalue weighted by molar-refractivity contribution is 8.00. The number of carbonyl (C=O) groups excluding carboxylic acids is 2. The first-order valence-corrected chi connectivity index (χ1v) is 8.32. The minimum atomic E-state index is -0.614. The molecule has 4 N–H and O–H groups in total. The van der Waals surface area contributed by atoms with E-state index in [2.05, 4.69) is 20.8 Å². The van der Waals surface area contributed by atoms with E-state index in [1.54, 1.807) is 25.1 Å². The average molecular weight is 389 g/mol. The van der Waals surface area contributed by atoms with E-state index in [1.165, 1.54) is 11.7 Å². The number of benzene rings is 1. The topological polar surface area (TPSA) is 115 Å². The Labute approximate surface area is 152 Å². The maximum atomic E-state index is 11.9. The van der Waals surface area contributed by atoms with E-state index >= 15 is 0 Å². The van der Waals surface area contributed by atoms with Crippen LogP contribution in [0.15, 0.2) is 23.4 Å². The number of carbonyl (C=O) groups is 2. The molecule has 0 aliphatic heterocycles. The SMILES string of the molecule is CNC(=O)NC(=O)[C@@H](C)Sc1nnc(-c2cc(Cl)ccc2Cl)n1N. The molecular formula is C13H14Cl2N6O2S. The van der Waals surface area contributed by atoms with Crippen molar-refractivity contribution >= 4 is 46.9 Å². The number of halogens is 2. The summed E-state index contributed by atoms with van der Waals surface area (Å²) in [5.74, 6) is 5.82. The van der Waals surface area contributed by atoms with Crippen LogP contribution < -0.4 is 16.5 Å². The van der Waals surface area contributed by atoms with Crippen LogP contribution in [0.3, 0.4) is 0 Å². The van der Waals surface area contributed by atoms with Gasteiger partial charge in [-0.1, -0.05) is 35.0 Å². The van der Waals surface area contributed by atoms with Crippen LogP contribution in [0.4, 0.5) is 4.79 Å². The van der Waals surface area contributed by atoms with E-state index < -0.39 is 17.2 Å². The zero-order chi connectivity index (χ0) is 17.9. The molecule has 2 rings (SSSR count). The average Bonchev–Trinajstić information content (AvgIpc) is 2.90. The molecule has 0 aliphatic carbocycles. The number of hydrogen-bond acceptors (Lipinski definition) is 6. The summed E-state index contributed by atoms with van der Waals surface area (Å²) < 4.78 is 1.21. The first-order chi connectivity index (χ1) is 11.3. The van der Waals surface area contributed by atoms with Gasteiger partial charge in [0.05, 0.1) is 10.3 Å². The van der Waals surface area contributed by atoms with Gasteiger partial charge in [0.25, 0.3) is 0 Å². The van der Waals surface area contributed by atoms with E-state index in [1.807, 2.05) is 0 Å². The molecule has 0 spiro atoms. The summed E-state index contributed by atoms with van der Waals surface area (Å²) in [6.07, 6.45) is 0. The van der Waals surface area contributed by atoms with Crippen molar-refractivity contribution in [3.63, 3.8) is 0 Å². The number of hydrogen-bond donors (Lipinski definition) is 3. The van der Waals surface area contributed by atoms with Crippen LogP contribution in [0.2, 0.25) is 10.0 Å². The van der Waals surface area contributed by atoms with Crippen molar-refractivity contribution in [3.05, 3.63) is 28.2 Å². The van der Waals surface area contributed by atoms with E-state index in [9.17, 15) is 9.59 Å². The summed E-state index contributed by atoms with van der Waals surface area (Å²) in [4.78, 5) is 23.0. The van der Waals surface area contributed by atoms with Gasteiger partial charge in [0.2, 0.25) is 11.1 Å². The van der Waals surface area contributed by atoms with Crippen LogP contribution in [0, 0.1) is 0 Å². The number of nitrogens with zero attached hydrogens (tertiary/aromatic N) is 3. The third-order valence-electron chi connectivity index (χ3n) is 2.95. The summed E-state index contributed by atoms with van der Waals surface area (Å²) in [6, 6.07) is 4.30. The van der Waals surface area contributed by atoms with Crippen LogP contribution in [0.25, 0.3) is 11.4 Å². The van der Waals surface area contributed by atoms with Gasteiger partial charge in [0.15, 0.2) is 5.82 Å². The number of nitrogens with one attached hydrogen (secondary N) is 2. The number of nitrogen functional groups attached to an aromatic ring is 1. The molecular weight excluding hydrogens is 375 g/mol. The molecule has 0 radical (unpaired) electrons. The summed E-state index contributed by atoms with van der Waals surface area (Å²) >= 11 is 13.1. The Kier molecular flexibility index (Phi) is 5.92. The molecule has 0 unspecified atom stereocenters. The fraction of sp³-hybridized carbons (Fsp3) is 0.231. The molecule has 3 amide bonds. The van der Waals surface area contributed by atoms with E-state index in [0.29, 0.717) is 26.6 Å². The highest BCUT2D eigenvalue weighted by atomic mass is 35.5. The Morgan fingerprint density at radius 2 is 2.04 bits per heavy atom. The van der Waals surface area contributed by atoms with E-state index in [4.69, 9.17) is 29.0 Å². The van der Waals surface area contributed by atoms with Gasteiger partial charge in [0.1, 0.15) is 0 Å². The predicted octanol–water partition coefficient (Wildman–Crippen LogP) is 1.90. The number of amides is 3. The van der Waals surface area contributed by atoms with Crippen molar-refractivity contribution in [3.8, 4) is 11.4 Å². The third kappa shape index (κ3) is 4.11. The first kappa shape index (κ1) is 18.4. The minimum absolute atomic E-state index is 0.292. The predicted molar refractivity (Wildman–Crippen MR) is 93.5 cm³/mol. The number of aromatic nitrogens is 3. The molecule has 8 nitrogen and oxygen atoms in total. The van der Waals surface area contributed by atoms with Crippen molar-refractivity contribution in [2.45, 2.75) is 17.3 Å². The Morgan fingerprint density at radius 1 is 1.33 bits per heavy atom. The maximum absolute atomic E-state index is 11.9. The lowest BCUT2D eigenvalue weighted by Crippen LogP contribution is -2.41. The van der Waals surface area contributed by atoms with Crippen LogP contribution in [-0.2, 0) is 4.79 Å². The highest BCUT2D eigenvalue weighted by Gasteiger charge is 2.22. The maximum Gasteiger partial charge on any atom is 0.321 e. The molecule has 1 aromatic carbocycles. The van der Waals surface area contributed by atoms with Gasteiger partial charge in [-0.2, -0.15) is 0 Å². The standard InChI is InChI=1S/C13H14Cl2N6O2S/c1-6(11(22)18-12(23)17-2)24-13-20-19-10(21(13)16)8-5-7(14)3-4-9(8)15/h3-6H,16H2,1-2H3,(H2,17,18,22,23)/t6-/m1/s1. The molecule has 0 bridgehead atoms. The zero-order valence-corrected chi connectivity index (χ0v) is 15.0. The lowest BCUT2D eigenvalue weighted by Gasteiger charge is -2.10. The Balaban J connectivity index is 2.20. The van der Waals surface area contributed by atoms with Crippen molar-refractivity contribution in [1.82, 2.24) is 25.5 Å². The second-order valence-corrected chi connectivity index (χ2v) is 6.78. The van der Waals surface area contributed by atoms with Gasteiger partial charge in [-0.3, -0.25) is 10.1 Å². The Morgan fingerprint density at radius 3 is 2.71 bits per heavy atom. The van der Waals surface area contributed by atoms with Crippen molar-refractivity contribution in [2.75, 3.05) is 12.9 Å². The number of urea groups is 1. The van der Waals surface area contributed by atoms with Crippen LogP contribution >= 0.6 is 35.0 Å². The molecule has 128 valence electrons. The molecule has 11 heteroatoms. The first-order valence-electron chi connectivity index (χ1n) is 6.68. The molecule has 2 aromatic rings. The number of thioether (sulfide) groups is 1. The lowest BCUT2D eigenvalue weighted by atomic mass is 10.2. The van der Waals surface area contributed by atoms with Crippen LogP contribution in [0.1, 0.15) is 6.92 Å². The Hall–Kier alpha value is -1.97. The monoisotopic (exact) mass is 388 g/mol. The van der Waals surface area contributed by atoms with Gasteiger partial charge in [-0.05, 0) is 25.1 Å². The van der Waals surface area contributed by atoms with Gasteiger partial charge >= 0.3 is 6.03 Å². The number of imide groups is 1. The minimum Gasteiger partial charge on any atom is -0.341 e. The van der Waals surface area contributed by atoms with E-state index in [-0.39, 0.29) is 0 Å². The van der Waals surface area contributed by atoms with Crippen LogP contribution in [0.5, 0.6) is 0 Å². The largest absolute Gasteiger partial charge is 0.341 e. The molecule has 0 aliphatic rings. The Bertz CT molecular complexity index is 782. The summed E-state index contributed by atoms with van der Waals surface area (Å²) in [7, 11) is 1.41. The van der Waals surface area contributed by atoms with Crippen molar-refractivity contribution in [1.29, 1.82) is 0 Å². The molecule has 1 atom stereocenters. The quantitative estimate of drug-likeness (QED) is 0.544. The molecule has 24 heavy (non-hydrogen) atoms. The van der Waals surface area contributed by atoms with Crippen LogP contribution in [-0.4, -0.2) is 39.1 Å². The highest BCUT2D eigenvalue weighted by Crippen LogP contribution is 2.31. The van der Waals surface area contributed by atoms with Gasteiger partial charge < -0.3 is 11.2 Å². The van der Waals surface area contributed by atoms with Gasteiger partial charge in [-0.15, -0.1) is 10.2 Å². The van der Waals surface area contributed by atoms with Crippen molar-refractivity contribution < 1.29 is 9.59 Å². The normalized spacial score (nSPS) is 11.8. The summed E-state index contributed by atoms with van der Waals surface area (Å²) in [5.41, 5.74) is 0.522. The second-order valence-electron chi connectivity index (χ2n) is 4.63. The second kappa shape index (κ2) is 7.73. The number of nitrogens with two attached hydrogens (primary N) is 1. The zero-order valence-electron chi connectivity index (χ0n) is 12.7. The third-order valence-corrected chi connectivity index (χ3v) is 4.57. The van der Waals surface area contributed by atoms with Gasteiger partial charge in [0, 0.05) is 17.6 Å². The molecule has 0 fully saturated rings. The molecule has 1 aromatic heterocycles. The summed E-state index contributed by atoms with van der Waals surface area (Å²) in [6.45, 7) is 1.61. The lowest BCUT2D eigenvalue weighted by molar-refractivity contribution is -0.119.